The van der Waals surface area contributed by atoms with Crippen molar-refractivity contribution < 1.29 is 21.6 Å². The van der Waals surface area contributed by atoms with Gasteiger partial charge in [0, 0.05) is 30.0 Å². The average Bonchev–Trinajstić information content (AvgIpc) is 3.16. The van der Waals surface area contributed by atoms with Crippen LogP contribution >= 0.6 is 0 Å². The monoisotopic (exact) mass is 423 g/mol. The molecular formula is C18H21N3O5S2. The van der Waals surface area contributed by atoms with E-state index in [1.54, 1.807) is 12.1 Å². The quantitative estimate of drug-likeness (QED) is 0.739. The molecule has 0 spiro atoms. The molecule has 2 aromatic rings. The lowest BCUT2D eigenvalue weighted by molar-refractivity contribution is 0.102. The highest BCUT2D eigenvalue weighted by Crippen LogP contribution is 2.22. The van der Waals surface area contributed by atoms with Gasteiger partial charge < -0.3 is 5.32 Å². The second-order valence-corrected chi connectivity index (χ2v) is 10.2. The number of hydrogen-bond donors (Lipinski definition) is 2. The zero-order chi connectivity index (χ0) is 20.4. The van der Waals surface area contributed by atoms with E-state index in [-0.39, 0.29) is 16.1 Å². The molecule has 0 bridgehead atoms. The van der Waals surface area contributed by atoms with Crippen LogP contribution in [0.15, 0.2) is 53.4 Å². The van der Waals surface area contributed by atoms with Crippen molar-refractivity contribution >= 4 is 37.3 Å². The molecular weight excluding hydrogens is 402 g/mol. The standard InChI is InChI=1S/C18H21N3O5S2/c1-27(23,24)20-16-6-4-5-14(13-16)18(22)19-15-7-9-17(10-8-15)28(25,26)21-11-2-3-12-21/h4-10,13,20H,2-3,11-12H2,1H3,(H,19,22). The molecule has 10 heteroatoms. The Kier molecular flexibility index (Phi) is 5.73. The molecule has 1 amide bonds. The Bertz CT molecular complexity index is 1070. The van der Waals surface area contributed by atoms with Crippen molar-refractivity contribution in [3.63, 3.8) is 0 Å². The number of carbonyl (C=O) groups is 1. The van der Waals surface area contributed by atoms with Crippen molar-refractivity contribution in [2.75, 3.05) is 29.4 Å². The van der Waals surface area contributed by atoms with Crippen molar-refractivity contribution in [3.8, 4) is 0 Å². The third-order valence-corrected chi connectivity index (χ3v) is 6.76. The molecule has 1 heterocycles. The summed E-state index contributed by atoms with van der Waals surface area (Å²) in [6, 6.07) is 12.1. The lowest BCUT2D eigenvalue weighted by Gasteiger charge is -2.15. The predicted molar refractivity (Wildman–Crippen MR) is 107 cm³/mol. The first-order valence-corrected chi connectivity index (χ1v) is 12.0. The first kappa shape index (κ1) is 20.3. The van der Waals surface area contributed by atoms with E-state index in [1.807, 2.05) is 0 Å². The zero-order valence-corrected chi connectivity index (χ0v) is 16.9. The van der Waals surface area contributed by atoms with Crippen molar-refractivity contribution in [2.45, 2.75) is 17.7 Å². The molecule has 0 atom stereocenters. The van der Waals surface area contributed by atoms with Crippen molar-refractivity contribution in [1.82, 2.24) is 4.31 Å². The van der Waals surface area contributed by atoms with E-state index in [0.717, 1.165) is 19.1 Å². The minimum Gasteiger partial charge on any atom is -0.322 e. The summed E-state index contributed by atoms with van der Waals surface area (Å²) >= 11 is 0. The molecule has 8 nitrogen and oxygen atoms in total. The van der Waals surface area contributed by atoms with Crippen molar-refractivity contribution in [1.29, 1.82) is 0 Å². The van der Waals surface area contributed by atoms with Crippen LogP contribution in [0.3, 0.4) is 0 Å². The lowest BCUT2D eigenvalue weighted by Crippen LogP contribution is -2.27. The third kappa shape index (κ3) is 4.89. The summed E-state index contributed by atoms with van der Waals surface area (Å²) in [6.07, 6.45) is 2.75. The van der Waals surface area contributed by atoms with Crippen LogP contribution in [-0.4, -0.2) is 46.4 Å². The molecule has 1 aliphatic rings. The number of rotatable bonds is 6. The van der Waals surface area contributed by atoms with E-state index in [1.165, 1.54) is 40.7 Å². The van der Waals surface area contributed by atoms with Crippen LogP contribution in [0.5, 0.6) is 0 Å². The van der Waals surface area contributed by atoms with Crippen molar-refractivity contribution in [2.24, 2.45) is 0 Å². The lowest BCUT2D eigenvalue weighted by atomic mass is 10.2. The van der Waals surface area contributed by atoms with Gasteiger partial charge in [0.15, 0.2) is 0 Å². The topological polar surface area (TPSA) is 113 Å². The van der Waals surface area contributed by atoms with Crippen molar-refractivity contribution in [3.05, 3.63) is 54.1 Å². The maximum absolute atomic E-state index is 12.5. The predicted octanol–water partition coefficient (Wildman–Crippen LogP) is 2.09. The first-order chi connectivity index (χ1) is 13.1. The van der Waals surface area contributed by atoms with Crippen LogP contribution in [0.2, 0.25) is 0 Å². The van der Waals surface area contributed by atoms with E-state index in [4.69, 9.17) is 0 Å². The Balaban J connectivity index is 1.72. The molecule has 2 N–H and O–H groups in total. The first-order valence-electron chi connectivity index (χ1n) is 8.65. The fourth-order valence-corrected chi connectivity index (χ4v) is 5.00. The smallest absolute Gasteiger partial charge is 0.255 e. The number of carbonyl (C=O) groups excluding carboxylic acids is 1. The summed E-state index contributed by atoms with van der Waals surface area (Å²) in [4.78, 5) is 12.6. The Morgan fingerprint density at radius 3 is 2.18 bits per heavy atom. The summed E-state index contributed by atoms with van der Waals surface area (Å²) < 4.78 is 51.5. The fraction of sp³-hybridized carbons (Fsp3) is 0.278. The van der Waals surface area contributed by atoms with E-state index >= 15 is 0 Å². The SMILES string of the molecule is CS(=O)(=O)Nc1cccc(C(=O)Nc2ccc(S(=O)(=O)N3CCCC3)cc2)c1. The molecule has 1 aliphatic heterocycles. The molecule has 1 saturated heterocycles. The highest BCUT2D eigenvalue weighted by Gasteiger charge is 2.26. The van der Waals surface area contributed by atoms with Gasteiger partial charge in [-0.1, -0.05) is 6.07 Å². The molecule has 150 valence electrons. The van der Waals surface area contributed by atoms with Gasteiger partial charge >= 0.3 is 0 Å². The van der Waals surface area contributed by atoms with Crippen LogP contribution < -0.4 is 10.0 Å². The molecule has 0 aliphatic carbocycles. The van der Waals surface area contributed by atoms with Crippen LogP contribution in [0.25, 0.3) is 0 Å². The van der Waals surface area contributed by atoms with Gasteiger partial charge in [-0.25, -0.2) is 16.8 Å². The molecule has 28 heavy (non-hydrogen) atoms. The summed E-state index contributed by atoms with van der Waals surface area (Å²) in [5.74, 6) is -0.438. The molecule has 0 saturated carbocycles. The maximum Gasteiger partial charge on any atom is 0.255 e. The molecule has 1 fully saturated rings. The van der Waals surface area contributed by atoms with Crippen LogP contribution in [0.1, 0.15) is 23.2 Å². The Morgan fingerprint density at radius 2 is 1.57 bits per heavy atom. The van der Waals surface area contributed by atoms with Crippen LogP contribution in [-0.2, 0) is 20.0 Å². The fourth-order valence-electron chi connectivity index (χ4n) is 2.93. The van der Waals surface area contributed by atoms with E-state index < -0.39 is 26.0 Å². The molecule has 0 aromatic heterocycles. The highest BCUT2D eigenvalue weighted by atomic mass is 32.2. The molecule has 0 radical (unpaired) electrons. The van der Waals surface area contributed by atoms with Gasteiger partial charge in [0.2, 0.25) is 20.0 Å². The summed E-state index contributed by atoms with van der Waals surface area (Å²) in [5, 5.41) is 2.67. The minimum absolute atomic E-state index is 0.187. The van der Waals surface area contributed by atoms with Gasteiger partial charge in [0.05, 0.1) is 11.2 Å². The van der Waals surface area contributed by atoms with E-state index in [2.05, 4.69) is 10.0 Å². The molecule has 0 unspecified atom stereocenters. The van der Waals surface area contributed by atoms with Crippen LogP contribution in [0, 0.1) is 0 Å². The maximum atomic E-state index is 12.5. The number of amides is 1. The van der Waals surface area contributed by atoms with Gasteiger partial charge in [0.1, 0.15) is 0 Å². The van der Waals surface area contributed by atoms with E-state index in [0.29, 0.717) is 18.8 Å². The van der Waals surface area contributed by atoms with Gasteiger partial charge in [-0.05, 0) is 55.3 Å². The minimum atomic E-state index is -3.50. The number of nitrogens with zero attached hydrogens (tertiary/aromatic N) is 1. The van der Waals surface area contributed by atoms with Gasteiger partial charge in [-0.2, -0.15) is 4.31 Å². The number of benzene rings is 2. The largest absolute Gasteiger partial charge is 0.322 e. The summed E-state index contributed by atoms with van der Waals surface area (Å²) in [5.41, 5.74) is 0.983. The normalized spacial score (nSPS) is 15.3. The summed E-state index contributed by atoms with van der Waals surface area (Å²) in [6.45, 7) is 1.05. The van der Waals surface area contributed by atoms with Crippen LogP contribution in [0.4, 0.5) is 11.4 Å². The van der Waals surface area contributed by atoms with Gasteiger partial charge in [0.25, 0.3) is 5.91 Å². The number of anilines is 2. The zero-order valence-electron chi connectivity index (χ0n) is 15.3. The third-order valence-electron chi connectivity index (χ3n) is 4.24. The molecule has 2 aromatic carbocycles. The van der Waals surface area contributed by atoms with Gasteiger partial charge in [-0.3, -0.25) is 9.52 Å². The van der Waals surface area contributed by atoms with Gasteiger partial charge in [-0.15, -0.1) is 0 Å². The second kappa shape index (κ2) is 7.90. The number of nitrogens with one attached hydrogen (secondary N) is 2. The second-order valence-electron chi connectivity index (χ2n) is 6.54. The Morgan fingerprint density at radius 1 is 0.929 bits per heavy atom. The Hall–Kier alpha value is -2.43. The number of hydrogen-bond acceptors (Lipinski definition) is 5. The summed E-state index contributed by atoms with van der Waals surface area (Å²) in [7, 11) is -6.95. The molecule has 3 rings (SSSR count). The Labute approximate surface area is 164 Å². The highest BCUT2D eigenvalue weighted by molar-refractivity contribution is 7.92. The number of sulfonamides is 2. The average molecular weight is 424 g/mol. The van der Waals surface area contributed by atoms with E-state index in [9.17, 15) is 21.6 Å².